The summed E-state index contributed by atoms with van der Waals surface area (Å²) in [7, 11) is 1.44. The molecule has 1 N–H and O–H groups in total. The first kappa shape index (κ1) is 22.0. The van der Waals surface area contributed by atoms with Crippen LogP contribution in [0.4, 0.5) is 13.2 Å². The fourth-order valence-electron chi connectivity index (χ4n) is 3.46. The molecular weight excluding hydrogens is 431 g/mol. The number of morpholine rings is 1. The zero-order chi connectivity index (χ0) is 22.9. The Morgan fingerprint density at radius 3 is 2.34 bits per heavy atom. The van der Waals surface area contributed by atoms with E-state index in [1.54, 1.807) is 0 Å². The Bertz CT molecular complexity index is 1170. The van der Waals surface area contributed by atoms with Crippen LogP contribution in [0.25, 0.3) is 11.0 Å². The van der Waals surface area contributed by atoms with Crippen LogP contribution in [-0.2, 0) is 17.5 Å². The van der Waals surface area contributed by atoms with Crippen molar-refractivity contribution in [3.05, 3.63) is 57.9 Å². The lowest BCUT2D eigenvalue weighted by atomic mass is 10.1. The van der Waals surface area contributed by atoms with Gasteiger partial charge < -0.3 is 23.7 Å². The van der Waals surface area contributed by atoms with Gasteiger partial charge in [-0.25, -0.2) is 0 Å². The second kappa shape index (κ2) is 8.71. The first-order valence-electron chi connectivity index (χ1n) is 9.79. The minimum Gasteiger partial charge on any atom is -0.507 e. The number of rotatable bonds is 5. The van der Waals surface area contributed by atoms with Crippen molar-refractivity contribution in [3.63, 3.8) is 0 Å². The Morgan fingerprint density at radius 2 is 1.72 bits per heavy atom. The summed E-state index contributed by atoms with van der Waals surface area (Å²) in [5.41, 5.74) is -1.21. The highest BCUT2D eigenvalue weighted by Crippen LogP contribution is 2.40. The zero-order valence-electron chi connectivity index (χ0n) is 17.1. The molecule has 170 valence electrons. The van der Waals surface area contributed by atoms with Crippen molar-refractivity contribution in [2.24, 2.45) is 0 Å². The van der Waals surface area contributed by atoms with Crippen molar-refractivity contribution in [1.29, 1.82) is 0 Å². The topological polar surface area (TPSA) is 81.4 Å². The van der Waals surface area contributed by atoms with Crippen LogP contribution in [0.1, 0.15) is 11.3 Å². The number of benzene rings is 2. The molecule has 7 nitrogen and oxygen atoms in total. The van der Waals surface area contributed by atoms with E-state index in [0.29, 0.717) is 32.1 Å². The molecular formula is C22H20F3NO6. The van der Waals surface area contributed by atoms with E-state index in [9.17, 15) is 23.1 Å². The Morgan fingerprint density at radius 1 is 1.06 bits per heavy atom. The first-order chi connectivity index (χ1) is 15.3. The monoisotopic (exact) mass is 451 g/mol. The SMILES string of the molecule is COc1ccc(Oc2c(C(F)(F)F)oc3c(CN4CCOCC4)c(O)ccc3c2=O)cc1. The lowest BCUT2D eigenvalue weighted by Crippen LogP contribution is -2.35. The van der Waals surface area contributed by atoms with Gasteiger partial charge in [-0.1, -0.05) is 0 Å². The van der Waals surface area contributed by atoms with Gasteiger partial charge in [-0.2, -0.15) is 13.2 Å². The summed E-state index contributed by atoms with van der Waals surface area (Å²) in [5, 5.41) is 10.2. The van der Waals surface area contributed by atoms with E-state index in [4.69, 9.17) is 18.6 Å². The number of phenols is 1. The van der Waals surface area contributed by atoms with Crippen LogP contribution in [0.3, 0.4) is 0 Å². The Labute approximate surface area is 180 Å². The van der Waals surface area contributed by atoms with Crippen LogP contribution in [0.2, 0.25) is 0 Å². The maximum absolute atomic E-state index is 13.8. The highest BCUT2D eigenvalue weighted by molar-refractivity contribution is 5.83. The molecule has 0 aliphatic carbocycles. The van der Waals surface area contributed by atoms with Gasteiger partial charge in [0.1, 0.15) is 22.8 Å². The van der Waals surface area contributed by atoms with E-state index in [0.717, 1.165) is 0 Å². The molecule has 2 heterocycles. The van der Waals surface area contributed by atoms with Gasteiger partial charge >= 0.3 is 6.18 Å². The molecule has 4 rings (SSSR count). The summed E-state index contributed by atoms with van der Waals surface area (Å²) in [6.07, 6.45) is -5.00. The first-order valence-corrected chi connectivity index (χ1v) is 9.79. The molecule has 3 aromatic rings. The van der Waals surface area contributed by atoms with E-state index in [1.807, 2.05) is 4.90 Å². The molecule has 1 aliphatic rings. The summed E-state index contributed by atoms with van der Waals surface area (Å²) in [4.78, 5) is 15.0. The maximum Gasteiger partial charge on any atom is 0.453 e. The molecule has 0 unspecified atom stereocenters. The average Bonchev–Trinajstić information content (AvgIpc) is 2.78. The normalized spacial score (nSPS) is 15.1. The number of nitrogens with zero attached hydrogens (tertiary/aromatic N) is 1. The minimum absolute atomic E-state index is 0.00951. The van der Waals surface area contributed by atoms with E-state index in [-0.39, 0.29) is 34.6 Å². The smallest absolute Gasteiger partial charge is 0.453 e. The summed E-state index contributed by atoms with van der Waals surface area (Å²) in [5.74, 6) is -2.32. The quantitative estimate of drug-likeness (QED) is 0.624. The van der Waals surface area contributed by atoms with Crippen LogP contribution >= 0.6 is 0 Å². The van der Waals surface area contributed by atoms with Crippen molar-refractivity contribution in [1.82, 2.24) is 4.90 Å². The number of hydrogen-bond donors (Lipinski definition) is 1. The highest BCUT2D eigenvalue weighted by atomic mass is 19.4. The van der Waals surface area contributed by atoms with Crippen LogP contribution in [0.5, 0.6) is 23.0 Å². The summed E-state index contributed by atoms with van der Waals surface area (Å²) in [6, 6.07) is 8.22. The number of ether oxygens (including phenoxy) is 3. The van der Waals surface area contributed by atoms with Gasteiger partial charge in [0.25, 0.3) is 5.76 Å². The molecule has 10 heteroatoms. The molecule has 1 saturated heterocycles. The number of hydrogen-bond acceptors (Lipinski definition) is 7. The van der Waals surface area contributed by atoms with E-state index in [2.05, 4.69) is 0 Å². The van der Waals surface area contributed by atoms with Crippen LogP contribution in [0, 0.1) is 0 Å². The number of aromatic hydroxyl groups is 1. The lowest BCUT2D eigenvalue weighted by molar-refractivity contribution is -0.154. The number of fused-ring (bicyclic) bond motifs is 1. The van der Waals surface area contributed by atoms with Gasteiger partial charge in [-0.15, -0.1) is 0 Å². The van der Waals surface area contributed by atoms with Crippen molar-refractivity contribution in [3.8, 4) is 23.0 Å². The van der Waals surface area contributed by atoms with Gasteiger partial charge in [0.15, 0.2) is 0 Å². The predicted molar refractivity (Wildman–Crippen MR) is 108 cm³/mol. The molecule has 1 aromatic heterocycles. The summed E-state index contributed by atoms with van der Waals surface area (Å²) < 4.78 is 62.4. The molecule has 0 spiro atoms. The zero-order valence-corrected chi connectivity index (χ0v) is 17.1. The van der Waals surface area contributed by atoms with Crippen LogP contribution in [-0.4, -0.2) is 43.4 Å². The third kappa shape index (κ3) is 4.37. The van der Waals surface area contributed by atoms with Crippen molar-refractivity contribution >= 4 is 11.0 Å². The Hall–Kier alpha value is -3.24. The third-order valence-corrected chi connectivity index (χ3v) is 5.12. The van der Waals surface area contributed by atoms with E-state index < -0.39 is 23.1 Å². The van der Waals surface area contributed by atoms with E-state index >= 15 is 0 Å². The molecule has 0 saturated carbocycles. The summed E-state index contributed by atoms with van der Waals surface area (Å²) >= 11 is 0. The van der Waals surface area contributed by atoms with Crippen LogP contribution in [0.15, 0.2) is 45.6 Å². The van der Waals surface area contributed by atoms with Gasteiger partial charge in [-0.3, -0.25) is 9.69 Å². The Kier molecular flexibility index (Phi) is 5.98. The maximum atomic E-state index is 13.8. The fourth-order valence-corrected chi connectivity index (χ4v) is 3.46. The summed E-state index contributed by atoms with van der Waals surface area (Å²) in [6.45, 7) is 2.09. The number of halogens is 3. The largest absolute Gasteiger partial charge is 0.507 e. The molecule has 0 bridgehead atoms. The van der Waals surface area contributed by atoms with Crippen molar-refractivity contribution in [2.75, 3.05) is 33.4 Å². The molecule has 2 aromatic carbocycles. The van der Waals surface area contributed by atoms with Gasteiger partial charge in [-0.05, 0) is 36.4 Å². The molecule has 32 heavy (non-hydrogen) atoms. The Balaban J connectivity index is 1.84. The third-order valence-electron chi connectivity index (χ3n) is 5.12. The standard InChI is InChI=1S/C22H20F3NO6/c1-29-13-2-4-14(5-3-13)31-20-18(28)15-6-7-17(27)16(12-26-8-10-30-11-9-26)19(15)32-21(20)22(23,24)25/h2-7,27H,8-12H2,1H3. The van der Waals surface area contributed by atoms with Gasteiger partial charge in [0, 0.05) is 19.6 Å². The lowest BCUT2D eigenvalue weighted by Gasteiger charge is -2.27. The van der Waals surface area contributed by atoms with Gasteiger partial charge in [0.2, 0.25) is 11.2 Å². The predicted octanol–water partition coefficient (Wildman–Crippen LogP) is 4.15. The van der Waals surface area contributed by atoms with Crippen molar-refractivity contribution in [2.45, 2.75) is 12.7 Å². The van der Waals surface area contributed by atoms with E-state index in [1.165, 1.54) is 43.5 Å². The van der Waals surface area contributed by atoms with Crippen molar-refractivity contribution < 1.29 is 36.9 Å². The van der Waals surface area contributed by atoms with Crippen LogP contribution < -0.4 is 14.9 Å². The number of phenolic OH excluding ortho intramolecular Hbond substituents is 1. The highest BCUT2D eigenvalue weighted by Gasteiger charge is 2.41. The molecule has 0 atom stereocenters. The van der Waals surface area contributed by atoms with Gasteiger partial charge in [0.05, 0.1) is 31.3 Å². The molecule has 0 amide bonds. The molecule has 0 radical (unpaired) electrons. The average molecular weight is 451 g/mol. The number of methoxy groups -OCH3 is 1. The second-order valence-corrected chi connectivity index (χ2v) is 7.19. The number of alkyl halides is 3. The molecule has 1 aliphatic heterocycles. The minimum atomic E-state index is -5.00. The molecule has 1 fully saturated rings. The second-order valence-electron chi connectivity index (χ2n) is 7.19. The fraction of sp³-hybridized carbons (Fsp3) is 0.318.